The smallest absolute Gasteiger partial charge is 0.241 e. The molecule has 0 spiro atoms. The lowest BCUT2D eigenvalue weighted by molar-refractivity contribution is -0.127. The summed E-state index contributed by atoms with van der Waals surface area (Å²) in [6.07, 6.45) is 0.928. The van der Waals surface area contributed by atoms with Gasteiger partial charge in [0.2, 0.25) is 11.9 Å². The van der Waals surface area contributed by atoms with E-state index in [0.29, 0.717) is 6.54 Å². The average molecular weight is 277 g/mol. The van der Waals surface area contributed by atoms with Crippen molar-refractivity contribution in [2.24, 2.45) is 0 Å². The third kappa shape index (κ3) is 2.21. The molecule has 1 aliphatic heterocycles. The Hall–Kier alpha value is -1.89. The second-order valence-corrected chi connectivity index (χ2v) is 5.53. The second kappa shape index (κ2) is 4.65. The lowest BCUT2D eigenvalue weighted by atomic mass is 10.3. The van der Waals surface area contributed by atoms with Crippen LogP contribution in [0.4, 0.5) is 11.8 Å². The Morgan fingerprint density at radius 2 is 2.21 bits per heavy atom. The van der Waals surface area contributed by atoms with E-state index in [1.54, 1.807) is 4.90 Å². The van der Waals surface area contributed by atoms with E-state index in [2.05, 4.69) is 9.97 Å². The Balaban J connectivity index is 2.03. The zero-order valence-corrected chi connectivity index (χ0v) is 11.5. The van der Waals surface area contributed by atoms with Crippen LogP contribution in [0.25, 0.3) is 10.2 Å². The number of carbonyl (C=O) groups is 1. The van der Waals surface area contributed by atoms with Crippen molar-refractivity contribution >= 4 is 39.2 Å². The minimum absolute atomic E-state index is 0.109. The molecule has 0 bridgehead atoms. The van der Waals surface area contributed by atoms with Crippen molar-refractivity contribution in [3.05, 3.63) is 11.4 Å². The van der Waals surface area contributed by atoms with E-state index >= 15 is 0 Å². The number of nitrogens with zero attached hydrogens (tertiary/aromatic N) is 4. The molecule has 0 aromatic carbocycles. The van der Waals surface area contributed by atoms with Crippen LogP contribution in [0.1, 0.15) is 6.42 Å². The van der Waals surface area contributed by atoms with E-state index in [4.69, 9.17) is 5.73 Å². The third-order valence-electron chi connectivity index (χ3n) is 3.30. The summed E-state index contributed by atoms with van der Waals surface area (Å²) in [5, 5.41) is 2.94. The van der Waals surface area contributed by atoms with Gasteiger partial charge in [-0.15, -0.1) is 11.3 Å². The summed E-state index contributed by atoms with van der Waals surface area (Å²) in [5.74, 6) is 1.14. The quantitative estimate of drug-likeness (QED) is 0.839. The highest BCUT2D eigenvalue weighted by molar-refractivity contribution is 7.16. The summed E-state index contributed by atoms with van der Waals surface area (Å²) < 4.78 is 0. The summed E-state index contributed by atoms with van der Waals surface area (Å²) in [5.41, 5.74) is 5.75. The molecular formula is C12H15N5OS. The maximum Gasteiger partial charge on any atom is 0.241 e. The fourth-order valence-corrected chi connectivity index (χ4v) is 3.03. The SMILES string of the molecule is CN1CCCN(c2nc(N)nc3sccc23)CC1=O. The van der Waals surface area contributed by atoms with Crippen LogP contribution in [0.15, 0.2) is 11.4 Å². The van der Waals surface area contributed by atoms with E-state index in [-0.39, 0.29) is 11.9 Å². The van der Waals surface area contributed by atoms with E-state index in [1.807, 2.05) is 23.4 Å². The van der Waals surface area contributed by atoms with Gasteiger partial charge in [0.1, 0.15) is 10.6 Å². The van der Waals surface area contributed by atoms with Gasteiger partial charge < -0.3 is 15.5 Å². The van der Waals surface area contributed by atoms with Crippen molar-refractivity contribution in [2.45, 2.75) is 6.42 Å². The Labute approximate surface area is 114 Å². The molecule has 0 aliphatic carbocycles. The molecule has 7 heteroatoms. The van der Waals surface area contributed by atoms with Crippen LogP contribution < -0.4 is 10.6 Å². The number of carbonyl (C=O) groups excluding carboxylic acids is 1. The van der Waals surface area contributed by atoms with E-state index in [1.165, 1.54) is 11.3 Å². The number of aromatic nitrogens is 2. The highest BCUT2D eigenvalue weighted by Gasteiger charge is 2.22. The van der Waals surface area contributed by atoms with Gasteiger partial charge in [-0.2, -0.15) is 4.98 Å². The van der Waals surface area contributed by atoms with Crippen molar-refractivity contribution in [3.8, 4) is 0 Å². The first kappa shape index (κ1) is 12.2. The largest absolute Gasteiger partial charge is 0.368 e. The molecular weight excluding hydrogens is 262 g/mol. The Morgan fingerprint density at radius 3 is 3.05 bits per heavy atom. The summed E-state index contributed by atoms with van der Waals surface area (Å²) in [6, 6.07) is 1.98. The summed E-state index contributed by atoms with van der Waals surface area (Å²) >= 11 is 1.53. The predicted octanol–water partition coefficient (Wildman–Crippen LogP) is 0.942. The number of fused-ring (bicyclic) bond motifs is 1. The Kier molecular flexibility index (Phi) is 2.98. The maximum atomic E-state index is 12.0. The number of nitrogen functional groups attached to an aromatic ring is 1. The third-order valence-corrected chi connectivity index (χ3v) is 4.10. The van der Waals surface area contributed by atoms with Crippen LogP contribution in [-0.2, 0) is 4.79 Å². The highest BCUT2D eigenvalue weighted by atomic mass is 32.1. The Bertz CT molecular complexity index is 626. The van der Waals surface area contributed by atoms with Crippen LogP contribution in [0.2, 0.25) is 0 Å². The van der Waals surface area contributed by atoms with Crippen LogP contribution in [0.3, 0.4) is 0 Å². The molecule has 1 saturated heterocycles. The van der Waals surface area contributed by atoms with E-state index in [9.17, 15) is 4.79 Å². The van der Waals surface area contributed by atoms with Crippen molar-refractivity contribution in [3.63, 3.8) is 0 Å². The summed E-state index contributed by atoms with van der Waals surface area (Å²) in [6.45, 7) is 1.93. The molecule has 2 aromatic heterocycles. The lowest BCUT2D eigenvalue weighted by Crippen LogP contribution is -2.34. The van der Waals surface area contributed by atoms with Crippen LogP contribution >= 0.6 is 11.3 Å². The molecule has 0 radical (unpaired) electrons. The van der Waals surface area contributed by atoms with E-state index in [0.717, 1.165) is 35.5 Å². The molecule has 0 atom stereocenters. The van der Waals surface area contributed by atoms with E-state index < -0.39 is 0 Å². The molecule has 3 heterocycles. The molecule has 1 aliphatic rings. The number of anilines is 2. The van der Waals surface area contributed by atoms with Gasteiger partial charge >= 0.3 is 0 Å². The van der Waals surface area contributed by atoms with Gasteiger partial charge in [-0.25, -0.2) is 4.98 Å². The predicted molar refractivity (Wildman–Crippen MR) is 76.3 cm³/mol. The van der Waals surface area contributed by atoms with Crippen LogP contribution in [0, 0.1) is 0 Å². The lowest BCUT2D eigenvalue weighted by Gasteiger charge is -2.21. The van der Waals surface area contributed by atoms with Crippen LogP contribution in [-0.4, -0.2) is 47.5 Å². The zero-order chi connectivity index (χ0) is 13.4. The molecule has 3 rings (SSSR count). The molecule has 2 N–H and O–H groups in total. The first-order valence-electron chi connectivity index (χ1n) is 6.15. The average Bonchev–Trinajstić information content (AvgIpc) is 2.77. The number of likely N-dealkylation sites (N-methyl/N-ethyl adjacent to an activating group) is 1. The van der Waals surface area contributed by atoms with Crippen LogP contribution in [0.5, 0.6) is 0 Å². The maximum absolute atomic E-state index is 12.0. The van der Waals surface area contributed by atoms with Crippen molar-refractivity contribution < 1.29 is 4.79 Å². The van der Waals surface area contributed by atoms with Gasteiger partial charge in [-0.1, -0.05) is 0 Å². The van der Waals surface area contributed by atoms with Crippen molar-refractivity contribution in [1.82, 2.24) is 14.9 Å². The molecule has 0 unspecified atom stereocenters. The first-order chi connectivity index (χ1) is 9.15. The number of hydrogen-bond donors (Lipinski definition) is 1. The minimum atomic E-state index is 0.109. The number of thiophene rings is 1. The van der Waals surface area contributed by atoms with Gasteiger partial charge in [0.05, 0.1) is 11.9 Å². The van der Waals surface area contributed by atoms with Crippen molar-refractivity contribution in [2.75, 3.05) is 37.3 Å². The van der Waals surface area contributed by atoms with Gasteiger partial charge in [-0.3, -0.25) is 4.79 Å². The Morgan fingerprint density at radius 1 is 1.37 bits per heavy atom. The highest BCUT2D eigenvalue weighted by Crippen LogP contribution is 2.29. The van der Waals surface area contributed by atoms with Gasteiger partial charge in [0.25, 0.3) is 0 Å². The number of nitrogens with two attached hydrogens (primary N) is 1. The van der Waals surface area contributed by atoms with Gasteiger partial charge in [-0.05, 0) is 17.9 Å². The molecule has 2 aromatic rings. The molecule has 1 fully saturated rings. The number of rotatable bonds is 1. The molecule has 19 heavy (non-hydrogen) atoms. The fourth-order valence-electron chi connectivity index (χ4n) is 2.26. The molecule has 0 saturated carbocycles. The molecule has 1 amide bonds. The number of hydrogen-bond acceptors (Lipinski definition) is 6. The topological polar surface area (TPSA) is 75.3 Å². The second-order valence-electron chi connectivity index (χ2n) is 4.64. The monoisotopic (exact) mass is 277 g/mol. The summed E-state index contributed by atoms with van der Waals surface area (Å²) in [4.78, 5) is 25.1. The van der Waals surface area contributed by atoms with Gasteiger partial charge in [0, 0.05) is 20.1 Å². The van der Waals surface area contributed by atoms with Gasteiger partial charge in [0.15, 0.2) is 0 Å². The summed E-state index contributed by atoms with van der Waals surface area (Å²) in [7, 11) is 1.83. The molecule has 6 nitrogen and oxygen atoms in total. The minimum Gasteiger partial charge on any atom is -0.368 e. The first-order valence-corrected chi connectivity index (χ1v) is 7.03. The standard InChI is InChI=1S/C12H15N5OS/c1-16-4-2-5-17(7-9(16)18)10-8-3-6-19-11(8)15-12(13)14-10/h3,6H,2,4-5,7H2,1H3,(H2,13,14,15). The normalized spacial score (nSPS) is 17.0. The zero-order valence-electron chi connectivity index (χ0n) is 10.7. The fraction of sp³-hybridized carbons (Fsp3) is 0.417. The van der Waals surface area contributed by atoms with Crippen molar-refractivity contribution in [1.29, 1.82) is 0 Å². The molecule has 100 valence electrons. The number of amides is 1.